The Morgan fingerprint density at radius 2 is 1.93 bits per heavy atom. The molecule has 1 atom stereocenters. The van der Waals surface area contributed by atoms with Crippen LogP contribution >= 0.6 is 0 Å². The summed E-state index contributed by atoms with van der Waals surface area (Å²) in [5, 5.41) is 19.6. The molecule has 150 valence electrons. The molecule has 1 aliphatic rings. The minimum absolute atomic E-state index is 0.242. The normalized spacial score (nSPS) is 18.0. The van der Waals surface area contributed by atoms with Crippen LogP contribution in [0.15, 0.2) is 53.4 Å². The van der Waals surface area contributed by atoms with E-state index in [1.165, 1.54) is 17.7 Å². The second-order valence-corrected chi connectivity index (χ2v) is 8.53. The molecule has 0 aliphatic carbocycles. The predicted octanol–water partition coefficient (Wildman–Crippen LogP) is 2.71. The number of anilines is 1. The maximum absolute atomic E-state index is 11.5. The van der Waals surface area contributed by atoms with Crippen molar-refractivity contribution in [3.05, 3.63) is 64.2 Å². The zero-order chi connectivity index (χ0) is 20.1. The topological polar surface area (TPSA) is 119 Å². The first kappa shape index (κ1) is 20.2. The van der Waals surface area contributed by atoms with Crippen LogP contribution in [0.4, 0.5) is 11.4 Å². The standard InChI is InChI=1S/C19H24N4O4S/c20-28(26,27)17-9-10-18(19(12-17)23(24)25)21-13-16-8-4-5-11-22(16)14-15-6-2-1-3-7-15/h1-3,6-7,9-10,12,16,21H,4-5,8,11,13-14H2,(H2,20,26,27). The predicted molar refractivity (Wildman–Crippen MR) is 107 cm³/mol. The molecular formula is C19H24N4O4S. The Labute approximate surface area is 164 Å². The molecule has 9 heteroatoms. The second-order valence-electron chi connectivity index (χ2n) is 6.97. The Balaban J connectivity index is 1.73. The van der Waals surface area contributed by atoms with Gasteiger partial charge in [0.2, 0.25) is 10.0 Å². The number of sulfonamides is 1. The minimum Gasteiger partial charge on any atom is -0.378 e. The molecular weight excluding hydrogens is 380 g/mol. The average Bonchev–Trinajstić information content (AvgIpc) is 2.67. The van der Waals surface area contributed by atoms with E-state index < -0.39 is 14.9 Å². The second kappa shape index (κ2) is 8.68. The summed E-state index contributed by atoms with van der Waals surface area (Å²) in [4.78, 5) is 12.9. The van der Waals surface area contributed by atoms with Crippen LogP contribution in [0.2, 0.25) is 0 Å². The van der Waals surface area contributed by atoms with E-state index >= 15 is 0 Å². The van der Waals surface area contributed by atoms with Crippen molar-refractivity contribution in [3.8, 4) is 0 Å². The molecule has 0 saturated carbocycles. The van der Waals surface area contributed by atoms with Crippen molar-refractivity contribution >= 4 is 21.4 Å². The first-order valence-corrected chi connectivity index (χ1v) is 10.7. The van der Waals surface area contributed by atoms with Crippen LogP contribution in [0.3, 0.4) is 0 Å². The first-order valence-electron chi connectivity index (χ1n) is 9.17. The molecule has 2 aromatic rings. The van der Waals surface area contributed by atoms with Crippen molar-refractivity contribution in [2.45, 2.75) is 36.7 Å². The lowest BCUT2D eigenvalue weighted by Crippen LogP contribution is -2.43. The quantitative estimate of drug-likeness (QED) is 0.541. The smallest absolute Gasteiger partial charge is 0.293 e. The molecule has 1 fully saturated rings. The van der Waals surface area contributed by atoms with Crippen molar-refractivity contribution < 1.29 is 13.3 Å². The number of piperidine rings is 1. The van der Waals surface area contributed by atoms with Crippen LogP contribution < -0.4 is 10.5 Å². The van der Waals surface area contributed by atoms with E-state index in [-0.39, 0.29) is 16.6 Å². The zero-order valence-corrected chi connectivity index (χ0v) is 16.3. The third-order valence-corrected chi connectivity index (χ3v) is 5.91. The average molecular weight is 404 g/mol. The fraction of sp³-hybridized carbons (Fsp3) is 0.368. The van der Waals surface area contributed by atoms with Gasteiger partial charge in [-0.15, -0.1) is 0 Å². The molecule has 0 amide bonds. The van der Waals surface area contributed by atoms with Crippen LogP contribution in [0.5, 0.6) is 0 Å². The molecule has 3 rings (SSSR count). The van der Waals surface area contributed by atoms with Gasteiger partial charge in [0.15, 0.2) is 0 Å². The molecule has 2 aromatic carbocycles. The van der Waals surface area contributed by atoms with Gasteiger partial charge in [-0.05, 0) is 37.1 Å². The van der Waals surface area contributed by atoms with Crippen LogP contribution in [-0.2, 0) is 16.6 Å². The van der Waals surface area contributed by atoms with E-state index in [9.17, 15) is 18.5 Å². The molecule has 8 nitrogen and oxygen atoms in total. The molecule has 0 spiro atoms. The monoisotopic (exact) mass is 404 g/mol. The van der Waals surface area contributed by atoms with Crippen molar-refractivity contribution in [1.82, 2.24) is 4.90 Å². The maximum Gasteiger partial charge on any atom is 0.293 e. The molecule has 1 heterocycles. The largest absolute Gasteiger partial charge is 0.378 e. The van der Waals surface area contributed by atoms with Gasteiger partial charge in [-0.3, -0.25) is 15.0 Å². The number of rotatable bonds is 7. The van der Waals surface area contributed by atoms with Crippen LogP contribution in [-0.4, -0.2) is 37.4 Å². The number of nitrogens with zero attached hydrogens (tertiary/aromatic N) is 2. The lowest BCUT2D eigenvalue weighted by molar-refractivity contribution is -0.384. The third kappa shape index (κ3) is 5.06. The Bertz CT molecular complexity index is 934. The summed E-state index contributed by atoms with van der Waals surface area (Å²) in [5.41, 5.74) is 1.23. The van der Waals surface area contributed by atoms with Gasteiger partial charge in [0, 0.05) is 25.2 Å². The van der Waals surface area contributed by atoms with E-state index in [2.05, 4.69) is 22.3 Å². The number of nitro benzene ring substituents is 1. The summed E-state index contributed by atoms with van der Waals surface area (Å²) in [5.74, 6) is 0. The highest BCUT2D eigenvalue weighted by Crippen LogP contribution is 2.28. The highest BCUT2D eigenvalue weighted by Gasteiger charge is 2.24. The van der Waals surface area contributed by atoms with Crippen LogP contribution in [0, 0.1) is 10.1 Å². The maximum atomic E-state index is 11.5. The molecule has 1 saturated heterocycles. The van der Waals surface area contributed by atoms with Gasteiger partial charge >= 0.3 is 0 Å². The first-order chi connectivity index (χ1) is 13.3. The Kier molecular flexibility index (Phi) is 6.28. The SMILES string of the molecule is NS(=O)(=O)c1ccc(NCC2CCCCN2Cc2ccccc2)c([N+](=O)[O-])c1. The van der Waals surface area contributed by atoms with Crippen molar-refractivity contribution in [2.24, 2.45) is 5.14 Å². The highest BCUT2D eigenvalue weighted by atomic mass is 32.2. The summed E-state index contributed by atoms with van der Waals surface area (Å²) in [6.07, 6.45) is 3.25. The summed E-state index contributed by atoms with van der Waals surface area (Å²) < 4.78 is 22.9. The van der Waals surface area contributed by atoms with Gasteiger partial charge in [-0.25, -0.2) is 13.6 Å². The Hall–Kier alpha value is -2.49. The number of hydrogen-bond acceptors (Lipinski definition) is 6. The molecule has 1 unspecified atom stereocenters. The Morgan fingerprint density at radius 1 is 1.18 bits per heavy atom. The molecule has 0 bridgehead atoms. The molecule has 0 aromatic heterocycles. The zero-order valence-electron chi connectivity index (χ0n) is 15.5. The third-order valence-electron chi connectivity index (χ3n) is 5.00. The van der Waals surface area contributed by atoms with Crippen molar-refractivity contribution in [1.29, 1.82) is 0 Å². The molecule has 28 heavy (non-hydrogen) atoms. The lowest BCUT2D eigenvalue weighted by Gasteiger charge is -2.36. The van der Waals surface area contributed by atoms with Gasteiger partial charge in [0.1, 0.15) is 5.69 Å². The van der Waals surface area contributed by atoms with Gasteiger partial charge < -0.3 is 5.32 Å². The van der Waals surface area contributed by atoms with Gasteiger partial charge in [0.05, 0.1) is 9.82 Å². The van der Waals surface area contributed by atoms with E-state index in [0.29, 0.717) is 12.2 Å². The van der Waals surface area contributed by atoms with E-state index in [0.717, 1.165) is 38.4 Å². The Morgan fingerprint density at radius 3 is 2.61 bits per heavy atom. The van der Waals surface area contributed by atoms with Gasteiger partial charge in [-0.2, -0.15) is 0 Å². The van der Waals surface area contributed by atoms with Crippen LogP contribution in [0.1, 0.15) is 24.8 Å². The lowest BCUT2D eigenvalue weighted by atomic mass is 10.0. The summed E-state index contributed by atoms with van der Waals surface area (Å²) in [6, 6.07) is 14.1. The van der Waals surface area contributed by atoms with Gasteiger partial charge in [0.25, 0.3) is 5.69 Å². The minimum atomic E-state index is -3.99. The summed E-state index contributed by atoms with van der Waals surface area (Å²) in [6.45, 7) is 2.36. The van der Waals surface area contributed by atoms with Crippen molar-refractivity contribution in [2.75, 3.05) is 18.4 Å². The summed E-state index contributed by atoms with van der Waals surface area (Å²) in [7, 11) is -3.99. The van der Waals surface area contributed by atoms with Gasteiger partial charge in [-0.1, -0.05) is 36.8 Å². The number of hydrogen-bond donors (Lipinski definition) is 2. The number of benzene rings is 2. The number of nitrogens with two attached hydrogens (primary N) is 1. The highest BCUT2D eigenvalue weighted by molar-refractivity contribution is 7.89. The number of primary sulfonamides is 1. The van der Waals surface area contributed by atoms with E-state index in [1.807, 2.05) is 18.2 Å². The fourth-order valence-electron chi connectivity index (χ4n) is 3.53. The summed E-state index contributed by atoms with van der Waals surface area (Å²) >= 11 is 0. The number of nitro groups is 1. The van der Waals surface area contributed by atoms with Crippen molar-refractivity contribution in [3.63, 3.8) is 0 Å². The molecule has 3 N–H and O–H groups in total. The van der Waals surface area contributed by atoms with E-state index in [1.54, 1.807) is 0 Å². The van der Waals surface area contributed by atoms with E-state index in [4.69, 9.17) is 5.14 Å². The molecule has 1 aliphatic heterocycles. The number of likely N-dealkylation sites (tertiary alicyclic amines) is 1. The number of nitrogens with one attached hydrogen (secondary N) is 1. The molecule has 0 radical (unpaired) electrons. The fourth-order valence-corrected chi connectivity index (χ4v) is 4.07. The van der Waals surface area contributed by atoms with Crippen LogP contribution in [0.25, 0.3) is 0 Å².